The average Bonchev–Trinajstić information content (AvgIpc) is 2.88. The van der Waals surface area contributed by atoms with Crippen LogP contribution in [0.4, 0.5) is 5.95 Å². The van der Waals surface area contributed by atoms with E-state index in [2.05, 4.69) is 40.0 Å². The SMILES string of the molecule is Cc1ccc(-n2nnnc2NCC2(C)CNCCOC2)cc1. The quantitative estimate of drug-likeness (QED) is 0.878. The fourth-order valence-corrected chi connectivity index (χ4v) is 2.47. The molecule has 22 heavy (non-hydrogen) atoms. The van der Waals surface area contributed by atoms with E-state index in [1.165, 1.54) is 5.56 Å². The molecule has 1 saturated heterocycles. The number of nitrogens with zero attached hydrogens (tertiary/aromatic N) is 4. The van der Waals surface area contributed by atoms with Crippen LogP contribution in [0.25, 0.3) is 5.69 Å². The van der Waals surface area contributed by atoms with E-state index in [1.807, 2.05) is 24.3 Å². The Morgan fingerprint density at radius 2 is 2.18 bits per heavy atom. The number of anilines is 1. The van der Waals surface area contributed by atoms with E-state index in [0.717, 1.165) is 38.5 Å². The lowest BCUT2D eigenvalue weighted by Crippen LogP contribution is -2.39. The number of aryl methyl sites for hydroxylation is 1. The smallest absolute Gasteiger partial charge is 0.247 e. The zero-order chi connectivity index (χ0) is 15.4. The molecule has 7 nitrogen and oxygen atoms in total. The van der Waals surface area contributed by atoms with Gasteiger partial charge in [0.1, 0.15) is 0 Å². The van der Waals surface area contributed by atoms with Gasteiger partial charge in [-0.15, -0.1) is 0 Å². The minimum absolute atomic E-state index is 0.0144. The van der Waals surface area contributed by atoms with Gasteiger partial charge in [-0.05, 0) is 29.5 Å². The molecule has 0 amide bonds. The minimum atomic E-state index is 0.0144. The van der Waals surface area contributed by atoms with Crippen LogP contribution in [0.5, 0.6) is 0 Å². The molecule has 0 saturated carbocycles. The van der Waals surface area contributed by atoms with Crippen LogP contribution in [-0.4, -0.2) is 53.1 Å². The third kappa shape index (κ3) is 3.42. The Bertz CT molecular complexity index is 601. The molecular weight excluding hydrogens is 280 g/mol. The van der Waals surface area contributed by atoms with E-state index in [0.29, 0.717) is 5.95 Å². The maximum atomic E-state index is 5.65. The predicted octanol–water partition coefficient (Wildman–Crippen LogP) is 1.01. The molecule has 1 fully saturated rings. The maximum absolute atomic E-state index is 5.65. The molecule has 1 aromatic heterocycles. The van der Waals surface area contributed by atoms with Gasteiger partial charge in [0.05, 0.1) is 18.9 Å². The molecule has 2 N–H and O–H groups in total. The van der Waals surface area contributed by atoms with E-state index in [1.54, 1.807) is 4.68 Å². The van der Waals surface area contributed by atoms with Crippen LogP contribution < -0.4 is 10.6 Å². The Labute approximate surface area is 130 Å². The highest BCUT2D eigenvalue weighted by Gasteiger charge is 2.27. The summed E-state index contributed by atoms with van der Waals surface area (Å²) < 4.78 is 7.36. The first-order valence-corrected chi connectivity index (χ1v) is 7.54. The van der Waals surface area contributed by atoms with Crippen LogP contribution in [0, 0.1) is 12.3 Å². The third-order valence-corrected chi connectivity index (χ3v) is 3.85. The molecule has 7 heteroatoms. The summed E-state index contributed by atoms with van der Waals surface area (Å²) in [5, 5.41) is 18.7. The van der Waals surface area contributed by atoms with Crippen LogP contribution in [-0.2, 0) is 4.74 Å². The Morgan fingerprint density at radius 3 is 3.00 bits per heavy atom. The molecule has 118 valence electrons. The number of ether oxygens (including phenoxy) is 1. The van der Waals surface area contributed by atoms with Crippen molar-refractivity contribution < 1.29 is 4.74 Å². The standard InChI is InChI=1S/C15H22N6O/c1-12-3-5-13(6-4-12)21-14(18-19-20-21)17-10-15(2)9-16-7-8-22-11-15/h3-6,16H,7-11H2,1-2H3,(H,17,18,20). The molecule has 2 aromatic rings. The van der Waals surface area contributed by atoms with E-state index >= 15 is 0 Å². The van der Waals surface area contributed by atoms with Gasteiger partial charge in [0.15, 0.2) is 0 Å². The first-order valence-electron chi connectivity index (χ1n) is 7.54. The molecule has 0 aliphatic carbocycles. The van der Waals surface area contributed by atoms with E-state index in [9.17, 15) is 0 Å². The third-order valence-electron chi connectivity index (χ3n) is 3.85. The number of nitrogens with one attached hydrogen (secondary N) is 2. The summed E-state index contributed by atoms with van der Waals surface area (Å²) in [6.07, 6.45) is 0. The molecule has 1 aromatic carbocycles. The molecule has 1 aliphatic heterocycles. The second-order valence-corrected chi connectivity index (χ2v) is 6.14. The summed E-state index contributed by atoms with van der Waals surface area (Å²) in [6.45, 7) is 8.28. The molecular formula is C15H22N6O. The fraction of sp³-hybridized carbons (Fsp3) is 0.533. The van der Waals surface area contributed by atoms with Gasteiger partial charge in [-0.25, -0.2) is 0 Å². The van der Waals surface area contributed by atoms with Gasteiger partial charge >= 0.3 is 0 Å². The molecule has 3 rings (SSSR count). The number of hydrogen-bond donors (Lipinski definition) is 2. The van der Waals surface area contributed by atoms with Crippen LogP contribution in [0.2, 0.25) is 0 Å². The molecule has 1 aliphatic rings. The number of benzene rings is 1. The van der Waals surface area contributed by atoms with Crippen molar-refractivity contribution in [3.8, 4) is 5.69 Å². The van der Waals surface area contributed by atoms with Crippen molar-refractivity contribution in [1.29, 1.82) is 0 Å². The van der Waals surface area contributed by atoms with Gasteiger partial charge in [-0.3, -0.25) is 0 Å². The summed E-state index contributed by atoms with van der Waals surface area (Å²) in [6, 6.07) is 8.11. The number of hydrogen-bond acceptors (Lipinski definition) is 6. The summed E-state index contributed by atoms with van der Waals surface area (Å²) in [5.41, 5.74) is 2.17. The van der Waals surface area contributed by atoms with Crippen molar-refractivity contribution in [2.75, 3.05) is 38.2 Å². The van der Waals surface area contributed by atoms with Gasteiger partial charge in [0.25, 0.3) is 0 Å². The number of rotatable bonds is 4. The van der Waals surface area contributed by atoms with Gasteiger partial charge in [0.2, 0.25) is 5.95 Å². The Morgan fingerprint density at radius 1 is 1.36 bits per heavy atom. The van der Waals surface area contributed by atoms with E-state index < -0.39 is 0 Å². The van der Waals surface area contributed by atoms with Crippen LogP contribution in [0.1, 0.15) is 12.5 Å². The minimum Gasteiger partial charge on any atom is -0.379 e. The molecule has 1 atom stereocenters. The Balaban J connectivity index is 1.71. The largest absolute Gasteiger partial charge is 0.379 e. The van der Waals surface area contributed by atoms with Crippen molar-refractivity contribution in [1.82, 2.24) is 25.5 Å². The molecule has 2 heterocycles. The number of aromatic nitrogens is 4. The first kappa shape index (κ1) is 14.9. The lowest BCUT2D eigenvalue weighted by molar-refractivity contribution is 0.0860. The summed E-state index contributed by atoms with van der Waals surface area (Å²) in [4.78, 5) is 0. The average molecular weight is 302 g/mol. The van der Waals surface area contributed by atoms with Gasteiger partial charge in [0, 0.05) is 25.0 Å². The van der Waals surface area contributed by atoms with Crippen molar-refractivity contribution >= 4 is 5.95 Å². The molecule has 1 unspecified atom stereocenters. The van der Waals surface area contributed by atoms with E-state index in [4.69, 9.17) is 4.74 Å². The lowest BCUT2D eigenvalue weighted by atomic mass is 9.92. The van der Waals surface area contributed by atoms with Crippen molar-refractivity contribution in [2.45, 2.75) is 13.8 Å². The summed E-state index contributed by atoms with van der Waals surface area (Å²) in [7, 11) is 0. The zero-order valence-corrected chi connectivity index (χ0v) is 13.0. The van der Waals surface area contributed by atoms with E-state index in [-0.39, 0.29) is 5.41 Å². The lowest BCUT2D eigenvalue weighted by Gasteiger charge is -2.27. The predicted molar refractivity (Wildman–Crippen MR) is 84.2 cm³/mol. The Kier molecular flexibility index (Phi) is 4.35. The fourth-order valence-electron chi connectivity index (χ4n) is 2.47. The normalized spacial score (nSPS) is 22.3. The van der Waals surface area contributed by atoms with Crippen molar-refractivity contribution in [3.05, 3.63) is 29.8 Å². The highest BCUT2D eigenvalue weighted by atomic mass is 16.5. The summed E-state index contributed by atoms with van der Waals surface area (Å²) >= 11 is 0. The second kappa shape index (κ2) is 6.41. The van der Waals surface area contributed by atoms with Crippen molar-refractivity contribution in [2.24, 2.45) is 5.41 Å². The summed E-state index contributed by atoms with van der Waals surface area (Å²) in [5.74, 6) is 0.648. The molecule has 0 spiro atoms. The van der Waals surface area contributed by atoms with Crippen LogP contribution in [0.3, 0.4) is 0 Å². The Hall–Kier alpha value is -1.99. The molecule has 0 bridgehead atoms. The van der Waals surface area contributed by atoms with Crippen LogP contribution in [0.15, 0.2) is 24.3 Å². The molecule has 0 radical (unpaired) electrons. The van der Waals surface area contributed by atoms with Gasteiger partial charge < -0.3 is 15.4 Å². The van der Waals surface area contributed by atoms with Crippen molar-refractivity contribution in [3.63, 3.8) is 0 Å². The topological polar surface area (TPSA) is 76.9 Å². The van der Waals surface area contributed by atoms with Gasteiger partial charge in [-0.1, -0.05) is 29.7 Å². The van der Waals surface area contributed by atoms with Crippen LogP contribution >= 0.6 is 0 Å². The maximum Gasteiger partial charge on any atom is 0.247 e. The second-order valence-electron chi connectivity index (χ2n) is 6.14. The highest BCUT2D eigenvalue weighted by Crippen LogP contribution is 2.19. The number of tetrazole rings is 1. The zero-order valence-electron chi connectivity index (χ0n) is 13.0. The highest BCUT2D eigenvalue weighted by molar-refractivity contribution is 5.40. The van der Waals surface area contributed by atoms with Gasteiger partial charge in [-0.2, -0.15) is 4.68 Å². The monoisotopic (exact) mass is 302 g/mol. The first-order chi connectivity index (χ1) is 10.7.